The summed E-state index contributed by atoms with van der Waals surface area (Å²) < 4.78 is 5.12. The molecule has 3 rings (SSSR count). The molecular formula is C17H21N3O4S. The Labute approximate surface area is 149 Å². The minimum atomic E-state index is -0.781. The molecule has 2 unspecified atom stereocenters. The Morgan fingerprint density at radius 3 is 2.84 bits per heavy atom. The smallest absolute Gasteiger partial charge is 0.348 e. The molecule has 0 radical (unpaired) electrons. The van der Waals surface area contributed by atoms with Crippen LogP contribution in [0.2, 0.25) is 0 Å². The molecule has 1 N–H and O–H groups in total. The number of esters is 1. The molecule has 0 aromatic carbocycles. The second-order valence-electron chi connectivity index (χ2n) is 6.44. The van der Waals surface area contributed by atoms with Crippen molar-refractivity contribution in [2.24, 2.45) is 11.8 Å². The van der Waals surface area contributed by atoms with Gasteiger partial charge in [-0.15, -0.1) is 11.3 Å². The maximum atomic E-state index is 12.2. The Hall–Kier alpha value is -2.22. The van der Waals surface area contributed by atoms with Crippen molar-refractivity contribution in [1.29, 1.82) is 0 Å². The average molecular weight is 363 g/mol. The van der Waals surface area contributed by atoms with Crippen LogP contribution in [0.5, 0.6) is 0 Å². The lowest BCUT2D eigenvalue weighted by molar-refractivity contribution is -0.142. The van der Waals surface area contributed by atoms with Crippen molar-refractivity contribution >= 4 is 39.3 Å². The lowest BCUT2D eigenvalue weighted by Gasteiger charge is -2.35. The fourth-order valence-corrected chi connectivity index (χ4v) is 4.42. The van der Waals surface area contributed by atoms with Crippen LogP contribution >= 0.6 is 11.3 Å². The fraction of sp³-hybridized carbons (Fsp3) is 0.529. The molecule has 25 heavy (non-hydrogen) atoms. The van der Waals surface area contributed by atoms with Gasteiger partial charge in [-0.1, -0.05) is 6.92 Å². The average Bonchev–Trinajstić information content (AvgIpc) is 2.91. The van der Waals surface area contributed by atoms with Crippen molar-refractivity contribution in [1.82, 2.24) is 9.97 Å². The van der Waals surface area contributed by atoms with Gasteiger partial charge < -0.3 is 14.7 Å². The number of carboxylic acids is 1. The van der Waals surface area contributed by atoms with E-state index in [2.05, 4.69) is 9.97 Å². The maximum absolute atomic E-state index is 12.2. The van der Waals surface area contributed by atoms with Gasteiger partial charge in [-0.05, 0) is 31.7 Å². The first-order chi connectivity index (χ1) is 11.9. The molecule has 134 valence electrons. The molecule has 0 saturated carbocycles. The quantitative estimate of drug-likeness (QED) is 0.835. The van der Waals surface area contributed by atoms with Crippen molar-refractivity contribution in [3.63, 3.8) is 0 Å². The molecule has 1 aliphatic rings. The number of carbonyl (C=O) groups is 2. The third-order valence-electron chi connectivity index (χ3n) is 4.48. The summed E-state index contributed by atoms with van der Waals surface area (Å²) in [4.78, 5) is 35.6. The summed E-state index contributed by atoms with van der Waals surface area (Å²) in [6.45, 7) is 7.14. The van der Waals surface area contributed by atoms with E-state index in [0.29, 0.717) is 30.3 Å². The van der Waals surface area contributed by atoms with Crippen molar-refractivity contribution < 1.29 is 19.4 Å². The van der Waals surface area contributed by atoms with Crippen molar-refractivity contribution in [2.45, 2.75) is 27.2 Å². The lowest BCUT2D eigenvalue weighted by atomic mass is 9.90. The van der Waals surface area contributed by atoms with Gasteiger partial charge in [-0.3, -0.25) is 4.79 Å². The molecule has 7 nitrogen and oxygen atoms in total. The number of carboxylic acid groups (broad SMARTS) is 1. The Balaban J connectivity index is 2.04. The molecule has 0 spiro atoms. The van der Waals surface area contributed by atoms with Crippen LogP contribution in [-0.4, -0.2) is 46.7 Å². The van der Waals surface area contributed by atoms with Gasteiger partial charge >= 0.3 is 11.9 Å². The molecule has 0 aliphatic carbocycles. The Kier molecular flexibility index (Phi) is 4.89. The molecule has 0 amide bonds. The maximum Gasteiger partial charge on any atom is 0.348 e. The first-order valence-corrected chi connectivity index (χ1v) is 9.13. The largest absolute Gasteiger partial charge is 0.481 e. The second kappa shape index (κ2) is 6.95. The van der Waals surface area contributed by atoms with E-state index in [1.807, 2.05) is 18.7 Å². The highest BCUT2D eigenvalue weighted by atomic mass is 32.1. The van der Waals surface area contributed by atoms with Crippen LogP contribution in [0.1, 0.15) is 35.5 Å². The van der Waals surface area contributed by atoms with E-state index in [-0.39, 0.29) is 11.9 Å². The number of fused-ring (bicyclic) bond motifs is 1. The number of aromatic nitrogens is 2. The van der Waals surface area contributed by atoms with Gasteiger partial charge in [0.2, 0.25) is 0 Å². The molecule has 2 aromatic heterocycles. The zero-order chi connectivity index (χ0) is 18.1. The number of rotatable bonds is 4. The minimum Gasteiger partial charge on any atom is -0.481 e. The summed E-state index contributed by atoms with van der Waals surface area (Å²) >= 11 is 1.29. The number of hydrogen-bond acceptors (Lipinski definition) is 7. The third kappa shape index (κ3) is 3.30. The standard InChI is InChI=1S/C17H21N3O4S/c1-4-24-17(23)13-10(3)12-14(18-8-19-15(12)25-13)20-6-9(2)5-11(7-20)16(21)22/h8-9,11H,4-7H2,1-3H3,(H,21,22). The SMILES string of the molecule is CCOC(=O)c1sc2ncnc(N3CC(C)CC(C(=O)O)C3)c2c1C. The summed E-state index contributed by atoms with van der Waals surface area (Å²) in [5, 5.41) is 10.2. The first kappa shape index (κ1) is 17.6. The monoisotopic (exact) mass is 363 g/mol. The highest BCUT2D eigenvalue weighted by Crippen LogP contribution is 2.37. The van der Waals surface area contributed by atoms with Crippen LogP contribution in [0.25, 0.3) is 10.2 Å². The predicted octanol–water partition coefficient (Wildman–Crippen LogP) is 2.72. The number of aliphatic carboxylic acids is 1. The van der Waals surface area contributed by atoms with E-state index in [0.717, 1.165) is 22.3 Å². The first-order valence-electron chi connectivity index (χ1n) is 8.31. The van der Waals surface area contributed by atoms with Gasteiger partial charge in [0.05, 0.1) is 17.9 Å². The van der Waals surface area contributed by atoms with Crippen molar-refractivity contribution in [3.05, 3.63) is 16.8 Å². The second-order valence-corrected chi connectivity index (χ2v) is 7.43. The van der Waals surface area contributed by atoms with Crippen LogP contribution in [0.4, 0.5) is 5.82 Å². The van der Waals surface area contributed by atoms with E-state index in [9.17, 15) is 14.7 Å². The van der Waals surface area contributed by atoms with E-state index < -0.39 is 11.9 Å². The Morgan fingerprint density at radius 2 is 2.16 bits per heavy atom. The number of ether oxygens (including phenoxy) is 1. The summed E-state index contributed by atoms with van der Waals surface area (Å²) in [6.07, 6.45) is 2.13. The zero-order valence-corrected chi connectivity index (χ0v) is 15.3. The zero-order valence-electron chi connectivity index (χ0n) is 14.5. The number of anilines is 1. The number of aryl methyl sites for hydroxylation is 1. The summed E-state index contributed by atoms with van der Waals surface area (Å²) in [6, 6.07) is 0. The molecule has 2 atom stereocenters. The van der Waals surface area contributed by atoms with E-state index in [1.54, 1.807) is 6.92 Å². The Morgan fingerprint density at radius 1 is 1.40 bits per heavy atom. The molecule has 8 heteroatoms. The van der Waals surface area contributed by atoms with Crippen LogP contribution in [0.15, 0.2) is 6.33 Å². The fourth-order valence-electron chi connectivity index (χ4n) is 3.39. The number of piperidine rings is 1. The van der Waals surface area contributed by atoms with Crippen LogP contribution in [0, 0.1) is 18.8 Å². The molecular weight excluding hydrogens is 342 g/mol. The molecule has 3 heterocycles. The molecule has 1 aliphatic heterocycles. The third-order valence-corrected chi connectivity index (χ3v) is 5.66. The van der Waals surface area contributed by atoms with Gasteiger partial charge in [0.1, 0.15) is 21.9 Å². The van der Waals surface area contributed by atoms with Crippen molar-refractivity contribution in [2.75, 3.05) is 24.6 Å². The van der Waals surface area contributed by atoms with Gasteiger partial charge in [0.15, 0.2) is 0 Å². The Bertz CT molecular complexity index is 820. The number of carbonyl (C=O) groups excluding carboxylic acids is 1. The number of nitrogens with zero attached hydrogens (tertiary/aromatic N) is 3. The van der Waals surface area contributed by atoms with Crippen LogP contribution in [0.3, 0.4) is 0 Å². The van der Waals surface area contributed by atoms with E-state index >= 15 is 0 Å². The van der Waals surface area contributed by atoms with Crippen molar-refractivity contribution in [3.8, 4) is 0 Å². The molecule has 1 fully saturated rings. The highest BCUT2D eigenvalue weighted by molar-refractivity contribution is 7.20. The van der Waals surface area contributed by atoms with Gasteiger partial charge in [-0.2, -0.15) is 0 Å². The summed E-state index contributed by atoms with van der Waals surface area (Å²) in [5.41, 5.74) is 0.791. The summed E-state index contributed by atoms with van der Waals surface area (Å²) in [5.74, 6) is -0.604. The number of thiophene rings is 1. The number of hydrogen-bond donors (Lipinski definition) is 1. The lowest BCUT2D eigenvalue weighted by Crippen LogP contribution is -2.43. The minimum absolute atomic E-state index is 0.253. The van der Waals surface area contributed by atoms with Crippen LogP contribution in [-0.2, 0) is 9.53 Å². The van der Waals surface area contributed by atoms with Gasteiger partial charge in [-0.25, -0.2) is 14.8 Å². The summed E-state index contributed by atoms with van der Waals surface area (Å²) in [7, 11) is 0. The topological polar surface area (TPSA) is 92.6 Å². The molecule has 1 saturated heterocycles. The van der Waals surface area contributed by atoms with E-state index in [1.165, 1.54) is 17.7 Å². The van der Waals surface area contributed by atoms with Crippen LogP contribution < -0.4 is 4.90 Å². The van der Waals surface area contributed by atoms with Gasteiger partial charge in [0, 0.05) is 13.1 Å². The molecule has 2 aromatic rings. The normalized spacial score (nSPS) is 20.7. The van der Waals surface area contributed by atoms with E-state index in [4.69, 9.17) is 4.74 Å². The predicted molar refractivity (Wildman–Crippen MR) is 95.2 cm³/mol. The molecule has 0 bridgehead atoms. The highest BCUT2D eigenvalue weighted by Gasteiger charge is 2.32. The van der Waals surface area contributed by atoms with Gasteiger partial charge in [0.25, 0.3) is 0 Å².